The molecule has 1 fully saturated rings. The number of para-hydroxylation sites is 1. The first-order valence-corrected chi connectivity index (χ1v) is 7.87. The van der Waals surface area contributed by atoms with Crippen molar-refractivity contribution in [1.29, 1.82) is 0 Å². The fourth-order valence-electron chi connectivity index (χ4n) is 3.33. The number of benzene rings is 2. The molecule has 1 amide bonds. The zero-order valence-corrected chi connectivity index (χ0v) is 12.9. The second-order valence-electron chi connectivity index (χ2n) is 5.94. The van der Waals surface area contributed by atoms with Gasteiger partial charge in [0.1, 0.15) is 0 Å². The van der Waals surface area contributed by atoms with Crippen LogP contribution in [0.1, 0.15) is 24.4 Å². The maximum Gasteiger partial charge on any atom is 0.229 e. The molecule has 2 unspecified atom stereocenters. The van der Waals surface area contributed by atoms with E-state index in [0.717, 1.165) is 25.1 Å². The Balaban J connectivity index is 1.81. The summed E-state index contributed by atoms with van der Waals surface area (Å²) in [7, 11) is 2.11. The first kappa shape index (κ1) is 14.8. The van der Waals surface area contributed by atoms with Gasteiger partial charge in [-0.1, -0.05) is 48.5 Å². The van der Waals surface area contributed by atoms with Gasteiger partial charge in [-0.25, -0.2) is 0 Å². The summed E-state index contributed by atoms with van der Waals surface area (Å²) in [6, 6.07) is 20.2. The normalized spacial score (nSPS) is 22.2. The number of anilines is 1. The molecule has 3 nitrogen and oxygen atoms in total. The number of nitrogens with zero attached hydrogens (tertiary/aromatic N) is 1. The minimum atomic E-state index is -0.0126. The Morgan fingerprint density at radius 1 is 1.05 bits per heavy atom. The summed E-state index contributed by atoms with van der Waals surface area (Å²) in [4.78, 5) is 15.1. The summed E-state index contributed by atoms with van der Waals surface area (Å²) < 4.78 is 0. The zero-order valence-electron chi connectivity index (χ0n) is 12.9. The van der Waals surface area contributed by atoms with Crippen molar-refractivity contribution in [3.05, 3.63) is 66.2 Å². The standard InChI is InChI=1S/C19H22N2O/c1-21-14-8-13-17(18(21)15-9-4-2-5-10-15)19(22)20-16-11-6-3-7-12-16/h2-7,9-12,17-18H,8,13-14H2,1H3,(H,20,22). The Morgan fingerprint density at radius 3 is 2.36 bits per heavy atom. The molecule has 2 atom stereocenters. The number of nitrogens with one attached hydrogen (secondary N) is 1. The van der Waals surface area contributed by atoms with Gasteiger partial charge in [-0.15, -0.1) is 0 Å². The molecule has 1 saturated heterocycles. The van der Waals surface area contributed by atoms with Gasteiger partial charge >= 0.3 is 0 Å². The molecule has 3 rings (SSSR count). The van der Waals surface area contributed by atoms with Crippen LogP contribution in [0.5, 0.6) is 0 Å². The molecule has 3 heteroatoms. The van der Waals surface area contributed by atoms with Crippen LogP contribution in [-0.2, 0) is 4.79 Å². The van der Waals surface area contributed by atoms with Crippen molar-refractivity contribution in [2.45, 2.75) is 18.9 Å². The van der Waals surface area contributed by atoms with E-state index in [0.29, 0.717) is 0 Å². The fourth-order valence-corrected chi connectivity index (χ4v) is 3.33. The second kappa shape index (κ2) is 6.75. The van der Waals surface area contributed by atoms with E-state index in [4.69, 9.17) is 0 Å². The lowest BCUT2D eigenvalue weighted by atomic mass is 9.84. The maximum absolute atomic E-state index is 12.8. The number of hydrogen-bond acceptors (Lipinski definition) is 2. The third kappa shape index (κ3) is 3.20. The molecular formula is C19H22N2O. The third-order valence-corrected chi connectivity index (χ3v) is 4.40. The summed E-state index contributed by atoms with van der Waals surface area (Å²) in [6.45, 7) is 1.04. The molecule has 0 radical (unpaired) electrons. The Morgan fingerprint density at radius 2 is 1.68 bits per heavy atom. The zero-order chi connectivity index (χ0) is 15.4. The van der Waals surface area contributed by atoms with E-state index in [1.807, 2.05) is 48.5 Å². The first-order chi connectivity index (χ1) is 10.8. The van der Waals surface area contributed by atoms with Crippen LogP contribution < -0.4 is 5.32 Å². The van der Waals surface area contributed by atoms with E-state index >= 15 is 0 Å². The topological polar surface area (TPSA) is 32.3 Å². The molecule has 22 heavy (non-hydrogen) atoms. The largest absolute Gasteiger partial charge is 0.326 e. The average molecular weight is 294 g/mol. The maximum atomic E-state index is 12.8. The molecule has 1 aliphatic heterocycles. The van der Waals surface area contributed by atoms with Crippen LogP contribution in [0, 0.1) is 5.92 Å². The molecule has 0 spiro atoms. The summed E-state index contributed by atoms with van der Waals surface area (Å²) in [5.41, 5.74) is 2.09. The average Bonchev–Trinajstić information content (AvgIpc) is 2.56. The summed E-state index contributed by atoms with van der Waals surface area (Å²) in [6.07, 6.45) is 2.00. The van der Waals surface area contributed by atoms with Gasteiger partial charge < -0.3 is 5.32 Å². The van der Waals surface area contributed by atoms with Crippen LogP contribution in [0.3, 0.4) is 0 Å². The second-order valence-corrected chi connectivity index (χ2v) is 5.94. The van der Waals surface area contributed by atoms with Gasteiger partial charge in [-0.2, -0.15) is 0 Å². The van der Waals surface area contributed by atoms with Crippen LogP contribution in [0.4, 0.5) is 5.69 Å². The highest BCUT2D eigenvalue weighted by Crippen LogP contribution is 2.35. The van der Waals surface area contributed by atoms with Gasteiger partial charge in [0.15, 0.2) is 0 Å². The monoisotopic (exact) mass is 294 g/mol. The minimum absolute atomic E-state index is 0.0126. The minimum Gasteiger partial charge on any atom is -0.326 e. The lowest BCUT2D eigenvalue weighted by Crippen LogP contribution is -2.41. The van der Waals surface area contributed by atoms with Crippen LogP contribution in [0.25, 0.3) is 0 Å². The van der Waals surface area contributed by atoms with E-state index in [-0.39, 0.29) is 17.9 Å². The van der Waals surface area contributed by atoms with Crippen molar-refractivity contribution >= 4 is 11.6 Å². The first-order valence-electron chi connectivity index (χ1n) is 7.87. The van der Waals surface area contributed by atoms with E-state index in [9.17, 15) is 4.79 Å². The van der Waals surface area contributed by atoms with Crippen molar-refractivity contribution in [3.63, 3.8) is 0 Å². The molecule has 2 aromatic rings. The lowest BCUT2D eigenvalue weighted by molar-refractivity contribution is -0.123. The van der Waals surface area contributed by atoms with E-state index in [1.165, 1.54) is 5.56 Å². The van der Waals surface area contributed by atoms with Crippen LogP contribution in [0.15, 0.2) is 60.7 Å². The fraction of sp³-hybridized carbons (Fsp3) is 0.316. The Hall–Kier alpha value is -2.13. The van der Waals surface area contributed by atoms with Gasteiger partial charge in [0, 0.05) is 11.7 Å². The van der Waals surface area contributed by atoms with E-state index < -0.39 is 0 Å². The molecule has 114 valence electrons. The van der Waals surface area contributed by atoms with Crippen molar-refractivity contribution in [2.75, 3.05) is 18.9 Å². The Kier molecular flexibility index (Phi) is 4.54. The molecular weight excluding hydrogens is 272 g/mol. The molecule has 1 aliphatic rings. The number of amides is 1. The van der Waals surface area contributed by atoms with Gasteiger partial charge in [0.2, 0.25) is 5.91 Å². The van der Waals surface area contributed by atoms with Crippen LogP contribution >= 0.6 is 0 Å². The summed E-state index contributed by atoms with van der Waals surface area (Å²) >= 11 is 0. The van der Waals surface area contributed by atoms with Crippen molar-refractivity contribution in [1.82, 2.24) is 4.90 Å². The van der Waals surface area contributed by atoms with Crippen LogP contribution in [-0.4, -0.2) is 24.4 Å². The van der Waals surface area contributed by atoms with Gasteiger partial charge in [0.05, 0.1) is 5.92 Å². The molecule has 1 heterocycles. The highest BCUT2D eigenvalue weighted by molar-refractivity contribution is 5.93. The number of likely N-dealkylation sites (tertiary alicyclic amines) is 1. The van der Waals surface area contributed by atoms with Crippen LogP contribution in [0.2, 0.25) is 0 Å². The van der Waals surface area contributed by atoms with Crippen molar-refractivity contribution < 1.29 is 4.79 Å². The SMILES string of the molecule is CN1CCCC(C(=O)Nc2ccccc2)C1c1ccccc1. The number of carbonyl (C=O) groups excluding carboxylic acids is 1. The van der Waals surface area contributed by atoms with E-state index in [2.05, 4.69) is 29.4 Å². The lowest BCUT2D eigenvalue weighted by Gasteiger charge is -2.38. The summed E-state index contributed by atoms with van der Waals surface area (Å²) in [5, 5.41) is 3.07. The Bertz CT molecular complexity index is 612. The van der Waals surface area contributed by atoms with Gasteiger partial charge in [0.25, 0.3) is 0 Å². The molecule has 0 bridgehead atoms. The highest BCUT2D eigenvalue weighted by Gasteiger charge is 2.35. The predicted octanol–water partition coefficient (Wildman–Crippen LogP) is 3.71. The highest BCUT2D eigenvalue weighted by atomic mass is 16.1. The smallest absolute Gasteiger partial charge is 0.229 e. The van der Waals surface area contributed by atoms with Crippen molar-refractivity contribution in [2.24, 2.45) is 5.92 Å². The molecule has 1 N–H and O–H groups in total. The van der Waals surface area contributed by atoms with Crippen molar-refractivity contribution in [3.8, 4) is 0 Å². The molecule has 0 aliphatic carbocycles. The van der Waals surface area contributed by atoms with E-state index in [1.54, 1.807) is 0 Å². The predicted molar refractivity (Wildman–Crippen MR) is 89.6 cm³/mol. The third-order valence-electron chi connectivity index (χ3n) is 4.40. The quantitative estimate of drug-likeness (QED) is 0.936. The molecule has 0 saturated carbocycles. The number of hydrogen-bond donors (Lipinski definition) is 1. The van der Waals surface area contributed by atoms with Gasteiger partial charge in [-0.05, 0) is 44.1 Å². The number of carbonyl (C=O) groups is 1. The van der Waals surface area contributed by atoms with Gasteiger partial charge in [-0.3, -0.25) is 9.69 Å². The molecule has 0 aromatic heterocycles. The number of rotatable bonds is 3. The Labute approximate surface area is 132 Å². The summed E-state index contributed by atoms with van der Waals surface area (Å²) in [5.74, 6) is 0.105. The molecule has 2 aromatic carbocycles. The number of piperidine rings is 1.